The van der Waals surface area contributed by atoms with Crippen LogP contribution in [0, 0.1) is 5.92 Å². The average Bonchev–Trinajstić information content (AvgIpc) is 2.17. The van der Waals surface area contributed by atoms with Crippen molar-refractivity contribution in [3.8, 4) is 0 Å². The maximum absolute atomic E-state index is 2.45. The Morgan fingerprint density at radius 2 is 1.57 bits per heavy atom. The SMILES string of the molecule is CCC(C)CB1C2CCCC1CCC2. The molecule has 0 amide bonds. The van der Waals surface area contributed by atoms with Crippen molar-refractivity contribution < 1.29 is 0 Å². The minimum absolute atomic E-state index is 0.973. The predicted molar refractivity (Wildman–Crippen MR) is 65.2 cm³/mol. The van der Waals surface area contributed by atoms with Crippen LogP contribution >= 0.6 is 0 Å². The Labute approximate surface area is 89.9 Å². The Balaban J connectivity index is 1.94. The van der Waals surface area contributed by atoms with Crippen molar-refractivity contribution in [1.29, 1.82) is 0 Å². The third kappa shape index (κ3) is 2.17. The molecule has 2 rings (SSSR count). The normalized spacial score (nSPS) is 34.3. The molecule has 0 aromatic rings. The standard InChI is InChI=1S/C13H25B/c1-3-11(2)10-14-12-6-4-7-13(14)9-5-8-12/h11-13H,3-10H2,1-2H3. The van der Waals surface area contributed by atoms with Crippen molar-refractivity contribution in [1.82, 2.24) is 0 Å². The molecule has 2 aliphatic heterocycles. The van der Waals surface area contributed by atoms with Crippen molar-refractivity contribution in [3.63, 3.8) is 0 Å². The molecule has 0 aromatic heterocycles. The molecule has 2 fully saturated rings. The van der Waals surface area contributed by atoms with E-state index >= 15 is 0 Å². The van der Waals surface area contributed by atoms with Crippen LogP contribution in [0.15, 0.2) is 0 Å². The monoisotopic (exact) mass is 192 g/mol. The molecule has 0 aromatic carbocycles. The summed E-state index contributed by atoms with van der Waals surface area (Å²) < 4.78 is 0. The fourth-order valence-corrected chi connectivity index (χ4v) is 3.83. The lowest BCUT2D eigenvalue weighted by Crippen LogP contribution is -2.35. The zero-order chi connectivity index (χ0) is 9.97. The smallest absolute Gasteiger partial charge is 0.0711 e. The van der Waals surface area contributed by atoms with E-state index < -0.39 is 0 Å². The van der Waals surface area contributed by atoms with Gasteiger partial charge in [0.2, 0.25) is 0 Å². The molecule has 80 valence electrons. The topological polar surface area (TPSA) is 0 Å². The second-order valence-electron chi connectivity index (χ2n) is 5.79. The fraction of sp³-hybridized carbons (Fsp3) is 1.00. The van der Waals surface area contributed by atoms with E-state index in [2.05, 4.69) is 13.8 Å². The van der Waals surface area contributed by atoms with Gasteiger partial charge in [0.1, 0.15) is 6.71 Å². The van der Waals surface area contributed by atoms with Crippen LogP contribution in [0.5, 0.6) is 0 Å². The first-order valence-electron chi connectivity index (χ1n) is 6.81. The third-order valence-corrected chi connectivity index (χ3v) is 4.88. The summed E-state index contributed by atoms with van der Waals surface area (Å²) in [5.41, 5.74) is 0. The Morgan fingerprint density at radius 3 is 2.00 bits per heavy atom. The van der Waals surface area contributed by atoms with E-state index in [0.717, 1.165) is 24.3 Å². The van der Waals surface area contributed by atoms with Crippen LogP contribution in [-0.2, 0) is 0 Å². The van der Waals surface area contributed by atoms with Crippen LogP contribution in [0.25, 0.3) is 0 Å². The summed E-state index contributed by atoms with van der Waals surface area (Å²) in [6.07, 6.45) is 12.2. The molecular formula is C13H25B. The highest BCUT2D eigenvalue weighted by atomic mass is 14.3. The summed E-state index contributed by atoms with van der Waals surface area (Å²) in [6.45, 7) is 5.92. The Morgan fingerprint density at radius 1 is 1.07 bits per heavy atom. The third-order valence-electron chi connectivity index (χ3n) is 4.88. The summed E-state index contributed by atoms with van der Waals surface area (Å²) in [4.78, 5) is 0. The van der Waals surface area contributed by atoms with Gasteiger partial charge in [0.25, 0.3) is 0 Å². The van der Waals surface area contributed by atoms with Crippen LogP contribution in [0.1, 0.15) is 58.8 Å². The van der Waals surface area contributed by atoms with Gasteiger partial charge in [-0.05, 0) is 0 Å². The summed E-state index contributed by atoms with van der Waals surface area (Å²) in [7, 11) is 0. The molecule has 1 heteroatoms. The van der Waals surface area contributed by atoms with Crippen LogP contribution in [0.3, 0.4) is 0 Å². The average molecular weight is 192 g/mol. The van der Waals surface area contributed by atoms with Gasteiger partial charge >= 0.3 is 0 Å². The maximum atomic E-state index is 2.45. The molecular weight excluding hydrogens is 167 g/mol. The summed E-state index contributed by atoms with van der Waals surface area (Å²) in [5, 5.41) is 0. The molecule has 1 atom stereocenters. The van der Waals surface area contributed by atoms with Gasteiger partial charge in [0, 0.05) is 0 Å². The number of fused-ring (bicyclic) bond motifs is 2. The summed E-state index contributed by atoms with van der Waals surface area (Å²) in [6, 6.07) is 0. The Kier molecular flexibility index (Phi) is 3.57. The minimum atomic E-state index is 0.973. The van der Waals surface area contributed by atoms with Crippen LogP contribution in [-0.4, -0.2) is 6.71 Å². The number of hydrogen-bond acceptors (Lipinski definition) is 0. The zero-order valence-corrected chi connectivity index (χ0v) is 9.97. The lowest BCUT2D eigenvalue weighted by atomic mass is 9.25. The number of rotatable bonds is 3. The van der Waals surface area contributed by atoms with E-state index in [0.29, 0.717) is 0 Å². The van der Waals surface area contributed by atoms with Crippen molar-refractivity contribution in [2.45, 2.75) is 76.7 Å². The molecule has 2 aliphatic rings. The molecule has 2 bridgehead atoms. The van der Waals surface area contributed by atoms with Crippen LogP contribution in [0.2, 0.25) is 18.0 Å². The van der Waals surface area contributed by atoms with E-state index in [1.165, 1.54) is 25.6 Å². The predicted octanol–water partition coefficient (Wildman–Crippen LogP) is 4.64. The molecule has 0 N–H and O–H groups in total. The van der Waals surface area contributed by atoms with Gasteiger partial charge < -0.3 is 0 Å². The van der Waals surface area contributed by atoms with Gasteiger partial charge in [0.05, 0.1) is 0 Å². The van der Waals surface area contributed by atoms with Gasteiger partial charge in [-0.1, -0.05) is 82.7 Å². The Hall–Kier alpha value is 0.0649. The lowest BCUT2D eigenvalue weighted by Gasteiger charge is -2.41. The van der Waals surface area contributed by atoms with Gasteiger partial charge in [-0.15, -0.1) is 0 Å². The van der Waals surface area contributed by atoms with Gasteiger partial charge in [-0.25, -0.2) is 0 Å². The van der Waals surface area contributed by atoms with Crippen molar-refractivity contribution in [2.24, 2.45) is 5.92 Å². The molecule has 2 saturated heterocycles. The summed E-state index contributed by atoms with van der Waals surface area (Å²) >= 11 is 0. The van der Waals surface area contributed by atoms with E-state index in [9.17, 15) is 0 Å². The van der Waals surface area contributed by atoms with E-state index in [4.69, 9.17) is 0 Å². The van der Waals surface area contributed by atoms with Gasteiger partial charge in [0.15, 0.2) is 0 Å². The second-order valence-corrected chi connectivity index (χ2v) is 5.79. The quantitative estimate of drug-likeness (QED) is 0.571. The highest BCUT2D eigenvalue weighted by Gasteiger charge is 2.38. The van der Waals surface area contributed by atoms with Crippen molar-refractivity contribution in [3.05, 3.63) is 0 Å². The first kappa shape index (κ1) is 10.6. The van der Waals surface area contributed by atoms with Crippen LogP contribution in [0.4, 0.5) is 0 Å². The van der Waals surface area contributed by atoms with Crippen molar-refractivity contribution >= 4 is 6.71 Å². The highest BCUT2D eigenvalue weighted by molar-refractivity contribution is 6.62. The van der Waals surface area contributed by atoms with Crippen LogP contribution < -0.4 is 0 Å². The maximum Gasteiger partial charge on any atom is 0.146 e. The van der Waals surface area contributed by atoms with E-state index in [-0.39, 0.29) is 0 Å². The van der Waals surface area contributed by atoms with Crippen molar-refractivity contribution in [2.75, 3.05) is 0 Å². The molecule has 0 saturated carbocycles. The van der Waals surface area contributed by atoms with Gasteiger partial charge in [-0.3, -0.25) is 0 Å². The largest absolute Gasteiger partial charge is 0.146 e. The van der Waals surface area contributed by atoms with E-state index in [1.807, 2.05) is 0 Å². The zero-order valence-electron chi connectivity index (χ0n) is 9.97. The first-order valence-corrected chi connectivity index (χ1v) is 6.81. The first-order chi connectivity index (χ1) is 6.81. The molecule has 2 heterocycles. The number of hydrogen-bond donors (Lipinski definition) is 0. The molecule has 0 aliphatic carbocycles. The second kappa shape index (κ2) is 4.72. The fourth-order valence-electron chi connectivity index (χ4n) is 3.83. The lowest BCUT2D eigenvalue weighted by molar-refractivity contribution is 0.434. The highest BCUT2D eigenvalue weighted by Crippen LogP contribution is 2.48. The molecule has 0 radical (unpaired) electrons. The minimum Gasteiger partial charge on any atom is -0.0711 e. The van der Waals surface area contributed by atoms with E-state index in [1.54, 1.807) is 25.7 Å². The molecule has 0 nitrogen and oxygen atoms in total. The molecule has 14 heavy (non-hydrogen) atoms. The molecule has 1 unspecified atom stereocenters. The van der Waals surface area contributed by atoms with Gasteiger partial charge in [-0.2, -0.15) is 0 Å². The summed E-state index contributed by atoms with van der Waals surface area (Å²) in [5.74, 6) is 3.22. The Bertz CT molecular complexity index is 156. The molecule has 0 spiro atoms.